The molecule has 0 aromatic heterocycles. The van der Waals surface area contributed by atoms with E-state index in [4.69, 9.17) is 40.0 Å². The van der Waals surface area contributed by atoms with Gasteiger partial charge in [0, 0.05) is 5.56 Å². The molecule has 9 heteroatoms. The van der Waals surface area contributed by atoms with Gasteiger partial charge >= 0.3 is 0 Å². The van der Waals surface area contributed by atoms with E-state index in [1.807, 2.05) is 159 Å². The molecule has 1 aliphatic rings. The van der Waals surface area contributed by atoms with Crippen LogP contribution in [0.4, 0.5) is 0 Å². The SMILES string of the molecule is CCOc1ccc(Cc2cc([C@@H]3OC(COCc4ccccc4)[C@@H](OCc4ccccc4)C(OCc4ccccc4)[C@H]3OCc3ccccc3)c(Br)c(O)c2Cl)cc1. The van der Waals surface area contributed by atoms with Gasteiger partial charge in [0.1, 0.15) is 42.0 Å². The van der Waals surface area contributed by atoms with Crippen LogP contribution < -0.4 is 4.74 Å². The normalized spacial score (nSPS) is 19.2. The summed E-state index contributed by atoms with van der Waals surface area (Å²) < 4.78 is 40.4. The molecule has 0 radical (unpaired) electrons. The average molecular weight is 864 g/mol. The van der Waals surface area contributed by atoms with Gasteiger partial charge in [0.25, 0.3) is 0 Å². The molecule has 300 valence electrons. The Morgan fingerprint density at radius 3 is 1.60 bits per heavy atom. The maximum absolute atomic E-state index is 11.6. The smallest absolute Gasteiger partial charge is 0.149 e. The van der Waals surface area contributed by atoms with Crippen LogP contribution in [0.15, 0.2) is 156 Å². The lowest BCUT2D eigenvalue weighted by molar-refractivity contribution is -0.275. The lowest BCUT2D eigenvalue weighted by Crippen LogP contribution is -2.58. The van der Waals surface area contributed by atoms with E-state index in [0.29, 0.717) is 42.9 Å². The maximum Gasteiger partial charge on any atom is 0.149 e. The molecule has 0 spiro atoms. The van der Waals surface area contributed by atoms with Gasteiger partial charge in [-0.05, 0) is 80.9 Å². The Bertz CT molecular complexity index is 2140. The Kier molecular flexibility index (Phi) is 15.0. The molecule has 1 fully saturated rings. The van der Waals surface area contributed by atoms with Crippen molar-refractivity contribution in [2.75, 3.05) is 13.2 Å². The van der Waals surface area contributed by atoms with Gasteiger partial charge in [0.2, 0.25) is 0 Å². The van der Waals surface area contributed by atoms with Gasteiger partial charge in [-0.1, -0.05) is 145 Å². The fraction of sp³-hybridized carbons (Fsp3) is 0.265. The molecule has 5 atom stereocenters. The molecular weight excluding hydrogens is 816 g/mol. The Morgan fingerprint density at radius 1 is 0.603 bits per heavy atom. The Hall–Kier alpha value is -4.51. The minimum Gasteiger partial charge on any atom is -0.505 e. The molecule has 0 aliphatic carbocycles. The minimum atomic E-state index is -0.747. The van der Waals surface area contributed by atoms with Crippen LogP contribution >= 0.6 is 27.5 Å². The fourth-order valence-electron chi connectivity index (χ4n) is 7.17. The highest BCUT2D eigenvalue weighted by Gasteiger charge is 2.50. The zero-order valence-corrected chi connectivity index (χ0v) is 34.8. The van der Waals surface area contributed by atoms with Gasteiger partial charge in [-0.25, -0.2) is 0 Å². The quantitative estimate of drug-likeness (QED) is 0.0922. The van der Waals surface area contributed by atoms with Crippen LogP contribution in [0.3, 0.4) is 0 Å². The zero-order valence-electron chi connectivity index (χ0n) is 32.4. The Balaban J connectivity index is 1.29. The Labute approximate surface area is 354 Å². The lowest BCUT2D eigenvalue weighted by Gasteiger charge is -2.46. The summed E-state index contributed by atoms with van der Waals surface area (Å²) in [7, 11) is 0. The van der Waals surface area contributed by atoms with E-state index in [1.54, 1.807) is 0 Å². The summed E-state index contributed by atoms with van der Waals surface area (Å²) >= 11 is 10.6. The number of hydrogen-bond acceptors (Lipinski definition) is 7. The van der Waals surface area contributed by atoms with E-state index in [0.717, 1.165) is 39.1 Å². The predicted octanol–water partition coefficient (Wildman–Crippen LogP) is 11.2. The monoisotopic (exact) mass is 862 g/mol. The van der Waals surface area contributed by atoms with Crippen molar-refractivity contribution in [2.24, 2.45) is 0 Å². The van der Waals surface area contributed by atoms with Crippen molar-refractivity contribution in [3.05, 3.63) is 200 Å². The van der Waals surface area contributed by atoms with Crippen LogP contribution in [0.2, 0.25) is 5.02 Å². The standard InChI is InChI=1S/C49H48BrClO7/c1-2-54-40-25-23-34(24-26-40)27-39-28-41(43(50)45(52)44(39)51)46-48(56-31-37-19-11-5-12-20-37)49(57-32-38-21-13-6-14-22-38)47(55-30-36-17-9-4-10-18-36)42(58-46)33-53-29-35-15-7-3-8-16-35/h3-26,28,42,46-49,52H,2,27,29-33H2,1H3/t42?,46-,47+,48-,49?/m0/s1. The largest absolute Gasteiger partial charge is 0.505 e. The summed E-state index contributed by atoms with van der Waals surface area (Å²) in [6.07, 6.45) is -2.85. The lowest BCUT2D eigenvalue weighted by atomic mass is 9.89. The first-order chi connectivity index (χ1) is 28.5. The summed E-state index contributed by atoms with van der Waals surface area (Å²) in [5.74, 6) is 0.711. The summed E-state index contributed by atoms with van der Waals surface area (Å²) in [6, 6.07) is 50.1. The van der Waals surface area contributed by atoms with Gasteiger partial charge in [0.05, 0.1) is 49.1 Å². The van der Waals surface area contributed by atoms with Gasteiger partial charge in [-0.2, -0.15) is 0 Å². The maximum atomic E-state index is 11.6. The van der Waals surface area contributed by atoms with E-state index >= 15 is 0 Å². The minimum absolute atomic E-state index is 0.0772. The number of hydrogen-bond donors (Lipinski definition) is 1. The van der Waals surface area contributed by atoms with Crippen molar-refractivity contribution < 1.29 is 33.5 Å². The highest BCUT2D eigenvalue weighted by Crippen LogP contribution is 2.46. The number of phenols is 1. The highest BCUT2D eigenvalue weighted by atomic mass is 79.9. The molecule has 7 rings (SSSR count). The molecular formula is C49H48BrClO7. The Morgan fingerprint density at radius 2 is 1.09 bits per heavy atom. The molecule has 1 heterocycles. The van der Waals surface area contributed by atoms with Crippen LogP contribution in [0.25, 0.3) is 0 Å². The molecule has 1 saturated heterocycles. The van der Waals surface area contributed by atoms with E-state index < -0.39 is 30.5 Å². The third-order valence-corrected chi connectivity index (χ3v) is 11.4. The van der Waals surface area contributed by atoms with Crippen LogP contribution in [0, 0.1) is 0 Å². The van der Waals surface area contributed by atoms with Crippen molar-refractivity contribution in [1.29, 1.82) is 0 Å². The van der Waals surface area contributed by atoms with E-state index in [9.17, 15) is 5.11 Å². The molecule has 0 bridgehead atoms. The van der Waals surface area contributed by atoms with Crippen molar-refractivity contribution in [3.63, 3.8) is 0 Å². The number of benzene rings is 6. The second-order valence-corrected chi connectivity index (χ2v) is 15.4. The van der Waals surface area contributed by atoms with Crippen LogP contribution in [-0.4, -0.2) is 42.7 Å². The summed E-state index contributed by atoms with van der Waals surface area (Å²) in [5, 5.41) is 11.9. The van der Waals surface area contributed by atoms with E-state index in [1.165, 1.54) is 0 Å². The topological polar surface area (TPSA) is 75.6 Å². The molecule has 6 aromatic rings. The molecule has 2 unspecified atom stereocenters. The van der Waals surface area contributed by atoms with Gasteiger partial charge < -0.3 is 33.5 Å². The van der Waals surface area contributed by atoms with Crippen molar-refractivity contribution in [3.8, 4) is 11.5 Å². The second kappa shape index (κ2) is 21.0. The fourth-order valence-corrected chi connectivity index (χ4v) is 8.03. The number of ether oxygens (including phenoxy) is 6. The first-order valence-electron chi connectivity index (χ1n) is 19.6. The third kappa shape index (κ3) is 10.9. The predicted molar refractivity (Wildman–Crippen MR) is 230 cm³/mol. The van der Waals surface area contributed by atoms with E-state index in [2.05, 4.69) is 15.9 Å². The molecule has 0 amide bonds. The second-order valence-electron chi connectivity index (χ2n) is 14.2. The number of aromatic hydroxyl groups is 1. The molecule has 1 N–H and O–H groups in total. The summed E-state index contributed by atoms with van der Waals surface area (Å²) in [6.45, 7) is 4.05. The van der Waals surface area contributed by atoms with Crippen LogP contribution in [0.1, 0.15) is 52.0 Å². The summed E-state index contributed by atoms with van der Waals surface area (Å²) in [4.78, 5) is 0. The molecule has 0 saturated carbocycles. The number of rotatable bonds is 18. The van der Waals surface area contributed by atoms with Gasteiger partial charge in [-0.15, -0.1) is 0 Å². The molecule has 1 aliphatic heterocycles. The molecule has 58 heavy (non-hydrogen) atoms. The molecule has 6 aromatic carbocycles. The highest BCUT2D eigenvalue weighted by molar-refractivity contribution is 9.10. The molecule has 7 nitrogen and oxygen atoms in total. The third-order valence-electron chi connectivity index (χ3n) is 10.1. The van der Waals surface area contributed by atoms with Crippen molar-refractivity contribution in [2.45, 2.75) is 70.3 Å². The first kappa shape index (κ1) is 41.6. The van der Waals surface area contributed by atoms with Gasteiger partial charge in [0.15, 0.2) is 0 Å². The van der Waals surface area contributed by atoms with Crippen LogP contribution in [-0.2, 0) is 56.5 Å². The summed E-state index contributed by atoms with van der Waals surface area (Å²) in [5.41, 5.74) is 6.46. The average Bonchev–Trinajstić information content (AvgIpc) is 3.27. The number of phenolic OH excluding ortho intramolecular Hbond substituents is 1. The van der Waals surface area contributed by atoms with Crippen molar-refractivity contribution in [1.82, 2.24) is 0 Å². The van der Waals surface area contributed by atoms with Gasteiger partial charge in [-0.3, -0.25) is 0 Å². The van der Waals surface area contributed by atoms with Crippen LogP contribution in [0.5, 0.6) is 11.5 Å². The van der Waals surface area contributed by atoms with Crippen molar-refractivity contribution >= 4 is 27.5 Å². The zero-order chi connectivity index (χ0) is 40.1. The first-order valence-corrected chi connectivity index (χ1v) is 20.8. The van der Waals surface area contributed by atoms with E-state index in [-0.39, 0.29) is 24.0 Å². The number of halogens is 2.